The van der Waals surface area contributed by atoms with E-state index in [9.17, 15) is 9.18 Å². The molecule has 27 heavy (non-hydrogen) atoms. The first-order chi connectivity index (χ1) is 13.0. The zero-order valence-corrected chi connectivity index (χ0v) is 15.9. The number of benzene rings is 2. The van der Waals surface area contributed by atoms with Gasteiger partial charge in [0.15, 0.2) is 5.17 Å². The van der Waals surface area contributed by atoms with Crippen LogP contribution < -0.4 is 5.32 Å². The van der Waals surface area contributed by atoms with Crippen molar-refractivity contribution in [1.82, 2.24) is 4.98 Å². The van der Waals surface area contributed by atoms with E-state index in [-0.39, 0.29) is 5.52 Å². The summed E-state index contributed by atoms with van der Waals surface area (Å²) in [5.41, 5.74) is 1.32. The number of hydrogen-bond acceptors (Lipinski definition) is 4. The van der Waals surface area contributed by atoms with Crippen molar-refractivity contribution < 1.29 is 9.18 Å². The maximum Gasteiger partial charge on any atom is 0.286 e. The second-order valence-corrected chi connectivity index (χ2v) is 7.48. The molecule has 0 atom stereocenters. The van der Waals surface area contributed by atoms with Gasteiger partial charge in [0.25, 0.3) is 5.91 Å². The van der Waals surface area contributed by atoms with Crippen LogP contribution in [0.3, 0.4) is 0 Å². The van der Waals surface area contributed by atoms with Gasteiger partial charge in [-0.25, -0.2) is 4.39 Å². The molecule has 0 fully saturated rings. The standard InChI is InChI=1S/C19H10Cl2FN3OS/c20-12-4-1-5-13(21)17(12)24-19-25-18(26)15(27-19)9-10-7-11-3-2-6-23-16(11)14(22)8-10/h1-9H,(H,24,25,26). The van der Waals surface area contributed by atoms with E-state index in [4.69, 9.17) is 23.2 Å². The Morgan fingerprint density at radius 1 is 1.11 bits per heavy atom. The Morgan fingerprint density at radius 3 is 2.67 bits per heavy atom. The second kappa shape index (κ2) is 7.31. The van der Waals surface area contributed by atoms with Crippen LogP contribution in [-0.4, -0.2) is 16.1 Å². The van der Waals surface area contributed by atoms with Gasteiger partial charge in [-0.2, -0.15) is 4.99 Å². The molecule has 1 aromatic heterocycles. The molecule has 0 bridgehead atoms. The molecule has 8 heteroatoms. The lowest BCUT2D eigenvalue weighted by Crippen LogP contribution is -2.05. The number of nitrogens with zero attached hydrogens (tertiary/aromatic N) is 2. The smallest absolute Gasteiger partial charge is 0.286 e. The SMILES string of the molecule is O=C1N=C(Nc2c(Cl)cccc2Cl)SC1=Cc1cc(F)c2ncccc2c1. The number of aromatic nitrogens is 1. The lowest BCUT2D eigenvalue weighted by atomic mass is 10.1. The first-order valence-corrected chi connectivity index (χ1v) is 9.36. The number of carbonyl (C=O) groups is 1. The number of hydrogen-bond donors (Lipinski definition) is 1. The number of thioether (sulfide) groups is 1. The van der Waals surface area contributed by atoms with Crippen molar-refractivity contribution in [1.29, 1.82) is 0 Å². The summed E-state index contributed by atoms with van der Waals surface area (Å²) in [5, 5.41) is 4.81. The summed E-state index contributed by atoms with van der Waals surface area (Å²) in [4.78, 5) is 20.6. The number of pyridine rings is 1. The molecule has 134 valence electrons. The molecule has 4 nitrogen and oxygen atoms in total. The van der Waals surface area contributed by atoms with Crippen LogP contribution in [0.1, 0.15) is 5.56 Å². The highest BCUT2D eigenvalue weighted by atomic mass is 35.5. The molecule has 1 N–H and O–H groups in total. The minimum absolute atomic E-state index is 0.289. The normalized spacial score (nSPS) is 15.4. The Bertz CT molecular complexity index is 1130. The molecule has 4 rings (SSSR count). The Morgan fingerprint density at radius 2 is 1.89 bits per heavy atom. The van der Waals surface area contributed by atoms with Crippen molar-refractivity contribution in [2.24, 2.45) is 4.99 Å². The van der Waals surface area contributed by atoms with Gasteiger partial charge in [0.2, 0.25) is 0 Å². The quantitative estimate of drug-likeness (QED) is 0.538. The first kappa shape index (κ1) is 18.0. The molecular weight excluding hydrogens is 408 g/mol. The Kier molecular flexibility index (Phi) is 4.86. The number of halogens is 3. The lowest BCUT2D eigenvalue weighted by Gasteiger charge is -2.08. The van der Waals surface area contributed by atoms with E-state index >= 15 is 0 Å². The highest BCUT2D eigenvalue weighted by Gasteiger charge is 2.23. The first-order valence-electron chi connectivity index (χ1n) is 7.79. The molecule has 0 unspecified atom stereocenters. The van der Waals surface area contributed by atoms with Crippen molar-refractivity contribution in [3.63, 3.8) is 0 Å². The van der Waals surface area contributed by atoms with Crippen molar-refractivity contribution in [2.45, 2.75) is 0 Å². The van der Waals surface area contributed by atoms with Gasteiger partial charge in [0.05, 0.1) is 20.6 Å². The Balaban J connectivity index is 1.61. The number of aliphatic imine (C=N–C) groups is 1. The number of nitrogens with one attached hydrogen (secondary N) is 1. The third kappa shape index (κ3) is 3.69. The number of fused-ring (bicyclic) bond motifs is 1. The number of rotatable bonds is 2. The lowest BCUT2D eigenvalue weighted by molar-refractivity contribution is -0.113. The molecule has 0 saturated carbocycles. The molecule has 1 aliphatic rings. The molecule has 2 aromatic carbocycles. The van der Waals surface area contributed by atoms with Crippen LogP contribution in [0.15, 0.2) is 58.6 Å². The van der Waals surface area contributed by atoms with Crippen molar-refractivity contribution >= 4 is 68.7 Å². The van der Waals surface area contributed by atoms with E-state index < -0.39 is 11.7 Å². The summed E-state index contributed by atoms with van der Waals surface area (Å²) >= 11 is 13.4. The van der Waals surface area contributed by atoms with E-state index in [2.05, 4.69) is 15.3 Å². The fourth-order valence-electron chi connectivity index (χ4n) is 2.59. The molecule has 0 aliphatic carbocycles. The van der Waals surface area contributed by atoms with Gasteiger partial charge in [-0.3, -0.25) is 9.78 Å². The molecular formula is C19H10Cl2FN3OS. The maximum absolute atomic E-state index is 14.2. The summed E-state index contributed by atoms with van der Waals surface area (Å²) in [5.74, 6) is -0.866. The average Bonchev–Trinajstić information content (AvgIpc) is 2.98. The van der Waals surface area contributed by atoms with Crippen molar-refractivity contribution in [2.75, 3.05) is 5.32 Å². The van der Waals surface area contributed by atoms with Crippen LogP contribution in [-0.2, 0) is 4.79 Å². The van der Waals surface area contributed by atoms with Crippen molar-refractivity contribution in [3.8, 4) is 0 Å². The number of amidine groups is 1. The van der Waals surface area contributed by atoms with E-state index in [0.29, 0.717) is 36.8 Å². The number of amides is 1. The van der Waals surface area contributed by atoms with Crippen LogP contribution in [0.5, 0.6) is 0 Å². The van der Waals surface area contributed by atoms with Crippen LogP contribution in [0.2, 0.25) is 10.0 Å². The van der Waals surface area contributed by atoms with Crippen LogP contribution >= 0.6 is 35.0 Å². The summed E-state index contributed by atoms with van der Waals surface area (Å²) in [6, 6.07) is 11.7. The number of carbonyl (C=O) groups excluding carboxylic acids is 1. The fourth-order valence-corrected chi connectivity index (χ4v) is 3.90. The van der Waals surface area contributed by atoms with Gasteiger partial charge >= 0.3 is 0 Å². The fraction of sp³-hybridized carbons (Fsp3) is 0. The minimum Gasteiger partial charge on any atom is -0.332 e. The van der Waals surface area contributed by atoms with Gasteiger partial charge in [-0.05, 0) is 53.7 Å². The van der Waals surface area contributed by atoms with Gasteiger partial charge in [0.1, 0.15) is 11.3 Å². The Hall–Kier alpha value is -2.41. The highest BCUT2D eigenvalue weighted by molar-refractivity contribution is 8.18. The summed E-state index contributed by atoms with van der Waals surface area (Å²) < 4.78 is 14.2. The zero-order valence-electron chi connectivity index (χ0n) is 13.5. The van der Waals surface area contributed by atoms with E-state index in [1.165, 1.54) is 12.3 Å². The molecule has 1 amide bonds. The monoisotopic (exact) mass is 417 g/mol. The van der Waals surface area contributed by atoms with Crippen LogP contribution in [0, 0.1) is 5.82 Å². The molecule has 0 spiro atoms. The van der Waals surface area contributed by atoms with Crippen molar-refractivity contribution in [3.05, 3.63) is 75.0 Å². The predicted molar refractivity (Wildman–Crippen MR) is 110 cm³/mol. The molecule has 0 saturated heterocycles. The van der Waals surface area contributed by atoms with Gasteiger partial charge < -0.3 is 5.32 Å². The van der Waals surface area contributed by atoms with E-state index in [1.54, 1.807) is 42.5 Å². The maximum atomic E-state index is 14.2. The molecule has 2 heterocycles. The third-order valence-corrected chi connectivity index (χ3v) is 5.32. The zero-order chi connectivity index (χ0) is 19.0. The van der Waals surface area contributed by atoms with Gasteiger partial charge in [0, 0.05) is 11.6 Å². The highest BCUT2D eigenvalue weighted by Crippen LogP contribution is 2.34. The predicted octanol–water partition coefficient (Wildman–Crippen LogP) is 5.76. The van der Waals surface area contributed by atoms with E-state index in [0.717, 1.165) is 11.8 Å². The molecule has 3 aromatic rings. The number of anilines is 1. The molecule has 0 radical (unpaired) electrons. The Labute approximate surface area is 168 Å². The largest absolute Gasteiger partial charge is 0.332 e. The van der Waals surface area contributed by atoms with Crippen LogP contribution in [0.25, 0.3) is 17.0 Å². The summed E-state index contributed by atoms with van der Waals surface area (Å²) in [7, 11) is 0. The topological polar surface area (TPSA) is 54.4 Å². The average molecular weight is 418 g/mol. The van der Waals surface area contributed by atoms with E-state index in [1.807, 2.05) is 0 Å². The number of para-hydroxylation sites is 1. The van der Waals surface area contributed by atoms with Gasteiger partial charge in [-0.15, -0.1) is 0 Å². The molecule has 1 aliphatic heterocycles. The van der Waals surface area contributed by atoms with Gasteiger partial charge in [-0.1, -0.05) is 35.3 Å². The summed E-state index contributed by atoms with van der Waals surface area (Å²) in [6.07, 6.45) is 3.13. The minimum atomic E-state index is -0.447. The summed E-state index contributed by atoms with van der Waals surface area (Å²) in [6.45, 7) is 0. The second-order valence-electron chi connectivity index (χ2n) is 5.63. The van der Waals surface area contributed by atoms with Crippen LogP contribution in [0.4, 0.5) is 10.1 Å². The third-order valence-electron chi connectivity index (χ3n) is 3.79.